The molecule has 0 amide bonds. The summed E-state index contributed by atoms with van der Waals surface area (Å²) in [6.07, 6.45) is 1.89. The highest BCUT2D eigenvalue weighted by molar-refractivity contribution is 6.13. The molecule has 0 atom stereocenters. The number of pyridine rings is 1. The van der Waals surface area contributed by atoms with E-state index in [1.807, 2.05) is 6.20 Å². The van der Waals surface area contributed by atoms with Crippen LogP contribution in [0.5, 0.6) is 0 Å². The van der Waals surface area contributed by atoms with Gasteiger partial charge in [0.05, 0.1) is 5.69 Å². The van der Waals surface area contributed by atoms with E-state index < -0.39 is 0 Å². The van der Waals surface area contributed by atoms with Gasteiger partial charge in [0.2, 0.25) is 0 Å². The van der Waals surface area contributed by atoms with Crippen LogP contribution in [-0.4, -0.2) is 4.98 Å². The van der Waals surface area contributed by atoms with Gasteiger partial charge in [0.15, 0.2) is 0 Å². The Kier molecular flexibility index (Phi) is 1.36. The number of nitrogens with zero attached hydrogens (tertiary/aromatic N) is 1. The van der Waals surface area contributed by atoms with Crippen LogP contribution in [0.3, 0.4) is 0 Å². The first-order chi connectivity index (χ1) is 7.95. The van der Waals surface area contributed by atoms with Crippen molar-refractivity contribution >= 4 is 10.8 Å². The Labute approximate surface area is 93.4 Å². The van der Waals surface area contributed by atoms with Gasteiger partial charge in [-0.3, -0.25) is 4.98 Å². The maximum absolute atomic E-state index is 4.52. The van der Waals surface area contributed by atoms with E-state index in [2.05, 4.69) is 53.5 Å². The van der Waals surface area contributed by atoms with Crippen molar-refractivity contribution in [1.29, 1.82) is 0 Å². The lowest BCUT2D eigenvalue weighted by atomic mass is 10.0. The van der Waals surface area contributed by atoms with Crippen LogP contribution in [0.1, 0.15) is 0 Å². The van der Waals surface area contributed by atoms with Crippen molar-refractivity contribution in [2.75, 3.05) is 0 Å². The highest BCUT2D eigenvalue weighted by Crippen LogP contribution is 2.45. The fourth-order valence-electron chi connectivity index (χ4n) is 2.58. The lowest BCUT2D eigenvalue weighted by molar-refractivity contribution is 1.37. The van der Waals surface area contributed by atoms with Gasteiger partial charge in [-0.15, -0.1) is 0 Å². The third-order valence-corrected chi connectivity index (χ3v) is 3.26. The molecule has 1 aromatic heterocycles. The predicted octanol–water partition coefficient (Wildman–Crippen LogP) is 3.88. The number of fused-ring (bicyclic) bond motifs is 3. The molecule has 1 aliphatic carbocycles. The Balaban J connectivity index is 2.31. The zero-order valence-electron chi connectivity index (χ0n) is 8.64. The van der Waals surface area contributed by atoms with E-state index >= 15 is 0 Å². The van der Waals surface area contributed by atoms with Crippen LogP contribution in [-0.2, 0) is 0 Å². The fourth-order valence-corrected chi connectivity index (χ4v) is 2.58. The zero-order chi connectivity index (χ0) is 10.5. The quantitative estimate of drug-likeness (QED) is 0.422. The monoisotopic (exact) mass is 203 g/mol. The molecule has 1 nitrogen and oxygen atoms in total. The SMILES string of the molecule is c1ccc2c(c1)-c1cccc3ccnc-2c13. The van der Waals surface area contributed by atoms with Gasteiger partial charge < -0.3 is 0 Å². The second-order valence-corrected chi connectivity index (χ2v) is 4.11. The minimum Gasteiger partial charge on any atom is -0.256 e. The summed E-state index contributed by atoms with van der Waals surface area (Å²) >= 11 is 0. The van der Waals surface area contributed by atoms with Crippen molar-refractivity contribution in [3.8, 4) is 22.4 Å². The molecule has 3 aromatic rings. The van der Waals surface area contributed by atoms with Crippen molar-refractivity contribution in [1.82, 2.24) is 4.98 Å². The van der Waals surface area contributed by atoms with Crippen molar-refractivity contribution < 1.29 is 0 Å². The van der Waals surface area contributed by atoms with Gasteiger partial charge in [0.1, 0.15) is 0 Å². The Hall–Kier alpha value is -2.15. The van der Waals surface area contributed by atoms with Crippen LogP contribution in [0.25, 0.3) is 33.2 Å². The molecule has 2 aromatic carbocycles. The number of benzene rings is 2. The lowest BCUT2D eigenvalue weighted by Gasteiger charge is -1.99. The molecule has 0 spiro atoms. The third-order valence-electron chi connectivity index (χ3n) is 3.26. The largest absolute Gasteiger partial charge is 0.256 e. The molecular formula is C15H9N. The Morgan fingerprint density at radius 2 is 1.50 bits per heavy atom. The molecule has 0 aliphatic heterocycles. The molecule has 0 fully saturated rings. The van der Waals surface area contributed by atoms with E-state index in [1.54, 1.807) is 0 Å². The summed E-state index contributed by atoms with van der Waals surface area (Å²) in [6.45, 7) is 0. The predicted molar refractivity (Wildman–Crippen MR) is 66.2 cm³/mol. The van der Waals surface area contributed by atoms with E-state index in [4.69, 9.17) is 0 Å². The molecule has 1 aliphatic rings. The van der Waals surface area contributed by atoms with E-state index in [0.717, 1.165) is 5.69 Å². The highest BCUT2D eigenvalue weighted by Gasteiger charge is 2.20. The van der Waals surface area contributed by atoms with E-state index in [9.17, 15) is 0 Å². The number of rotatable bonds is 0. The zero-order valence-corrected chi connectivity index (χ0v) is 8.64. The Bertz CT molecular complexity index is 656. The van der Waals surface area contributed by atoms with Crippen LogP contribution >= 0.6 is 0 Å². The van der Waals surface area contributed by atoms with Crippen LogP contribution in [0.15, 0.2) is 54.7 Å². The third kappa shape index (κ3) is 0.836. The molecule has 0 saturated carbocycles. The van der Waals surface area contributed by atoms with Gasteiger partial charge >= 0.3 is 0 Å². The van der Waals surface area contributed by atoms with Crippen molar-refractivity contribution in [2.24, 2.45) is 0 Å². The van der Waals surface area contributed by atoms with E-state index in [1.165, 1.54) is 27.5 Å². The van der Waals surface area contributed by atoms with Crippen LogP contribution in [0.2, 0.25) is 0 Å². The van der Waals surface area contributed by atoms with Gasteiger partial charge in [-0.1, -0.05) is 42.5 Å². The van der Waals surface area contributed by atoms with E-state index in [0.29, 0.717) is 0 Å². The Morgan fingerprint density at radius 1 is 0.688 bits per heavy atom. The van der Waals surface area contributed by atoms with Crippen molar-refractivity contribution in [2.45, 2.75) is 0 Å². The van der Waals surface area contributed by atoms with Crippen molar-refractivity contribution in [3.63, 3.8) is 0 Å². The summed E-state index contributed by atoms with van der Waals surface area (Å²) < 4.78 is 0. The summed E-state index contributed by atoms with van der Waals surface area (Å²) in [5.74, 6) is 0. The average molecular weight is 203 g/mol. The molecule has 1 heteroatoms. The summed E-state index contributed by atoms with van der Waals surface area (Å²) in [4.78, 5) is 4.52. The minimum atomic E-state index is 1.13. The molecule has 0 N–H and O–H groups in total. The standard InChI is InChI=1S/C15H9N/c1-2-6-13-11(5-1)12-7-3-4-10-8-9-16-15(13)14(10)12/h1-9H. The minimum absolute atomic E-state index is 1.13. The van der Waals surface area contributed by atoms with Crippen LogP contribution < -0.4 is 0 Å². The van der Waals surface area contributed by atoms with Gasteiger partial charge in [-0.25, -0.2) is 0 Å². The second-order valence-electron chi connectivity index (χ2n) is 4.11. The summed E-state index contributed by atoms with van der Waals surface area (Å²) in [7, 11) is 0. The number of hydrogen-bond donors (Lipinski definition) is 0. The Morgan fingerprint density at radius 3 is 2.44 bits per heavy atom. The summed E-state index contributed by atoms with van der Waals surface area (Å²) in [5.41, 5.74) is 5.01. The molecule has 0 unspecified atom stereocenters. The van der Waals surface area contributed by atoms with Gasteiger partial charge in [0, 0.05) is 17.1 Å². The first-order valence-corrected chi connectivity index (χ1v) is 5.43. The second kappa shape index (κ2) is 2.70. The molecule has 0 bridgehead atoms. The molecular weight excluding hydrogens is 194 g/mol. The van der Waals surface area contributed by atoms with Crippen molar-refractivity contribution in [3.05, 3.63) is 54.7 Å². The maximum Gasteiger partial charge on any atom is 0.0792 e. The molecule has 1 heterocycles. The maximum atomic E-state index is 4.52. The van der Waals surface area contributed by atoms with Gasteiger partial charge in [-0.2, -0.15) is 0 Å². The molecule has 0 saturated heterocycles. The average Bonchev–Trinajstić information content (AvgIpc) is 2.68. The first-order valence-electron chi connectivity index (χ1n) is 5.43. The molecule has 16 heavy (non-hydrogen) atoms. The lowest BCUT2D eigenvalue weighted by Crippen LogP contribution is -1.79. The fraction of sp³-hybridized carbons (Fsp3) is 0. The van der Waals surface area contributed by atoms with Crippen LogP contribution in [0, 0.1) is 0 Å². The van der Waals surface area contributed by atoms with E-state index in [-0.39, 0.29) is 0 Å². The van der Waals surface area contributed by atoms with Crippen LogP contribution in [0.4, 0.5) is 0 Å². The summed E-state index contributed by atoms with van der Waals surface area (Å²) in [5, 5.41) is 2.57. The molecule has 0 radical (unpaired) electrons. The first kappa shape index (κ1) is 8.05. The highest BCUT2D eigenvalue weighted by atomic mass is 14.7. The smallest absolute Gasteiger partial charge is 0.0792 e. The normalized spacial score (nSPS) is 11.8. The number of aromatic nitrogens is 1. The topological polar surface area (TPSA) is 12.9 Å². The molecule has 74 valence electrons. The number of hydrogen-bond acceptors (Lipinski definition) is 1. The molecule has 4 rings (SSSR count). The summed E-state index contributed by atoms with van der Waals surface area (Å²) in [6, 6.07) is 17.0. The van der Waals surface area contributed by atoms with Gasteiger partial charge in [-0.05, 0) is 22.6 Å². The van der Waals surface area contributed by atoms with Gasteiger partial charge in [0.25, 0.3) is 0 Å².